The number of benzene rings is 5. The van der Waals surface area contributed by atoms with Gasteiger partial charge >= 0.3 is 5.97 Å². The van der Waals surface area contributed by atoms with Crippen LogP contribution in [0.3, 0.4) is 0 Å². The van der Waals surface area contributed by atoms with Gasteiger partial charge in [-0.05, 0) is 47.5 Å². The number of esters is 1. The molecule has 5 aromatic carbocycles. The Morgan fingerprint density at radius 1 is 0.578 bits per heavy atom. The van der Waals surface area contributed by atoms with Crippen LogP contribution in [0.5, 0.6) is 5.75 Å². The molecule has 0 aliphatic heterocycles. The molecule has 5 aromatic rings. The van der Waals surface area contributed by atoms with Gasteiger partial charge in [0, 0.05) is 18.1 Å². The molecule has 0 heterocycles. The van der Waals surface area contributed by atoms with Crippen LogP contribution in [-0.2, 0) is 24.5 Å². The molecule has 2 atom stereocenters. The third kappa shape index (κ3) is 6.69. The fourth-order valence-electron chi connectivity index (χ4n) is 5.19. The molecule has 0 spiro atoms. The van der Waals surface area contributed by atoms with Crippen LogP contribution in [0.4, 0.5) is 5.69 Å². The molecule has 9 nitrogen and oxygen atoms in total. The first-order chi connectivity index (χ1) is 21.6. The minimum Gasteiger partial charge on any atom is -0.426 e. The van der Waals surface area contributed by atoms with Gasteiger partial charge in [-0.3, -0.25) is 14.9 Å². The molecule has 0 fully saturated rings. The minimum atomic E-state index is -4.70. The van der Waals surface area contributed by atoms with E-state index in [0.29, 0.717) is 5.56 Å². The largest absolute Gasteiger partial charge is 0.426 e. The van der Waals surface area contributed by atoms with Crippen LogP contribution >= 0.6 is 0 Å². The van der Waals surface area contributed by atoms with E-state index in [9.17, 15) is 31.7 Å². The van der Waals surface area contributed by atoms with Crippen molar-refractivity contribution < 1.29 is 31.3 Å². The van der Waals surface area contributed by atoms with Crippen molar-refractivity contribution in [3.8, 4) is 5.75 Å². The van der Waals surface area contributed by atoms with Crippen molar-refractivity contribution in [1.29, 1.82) is 0 Å². The van der Waals surface area contributed by atoms with Crippen LogP contribution in [-0.4, -0.2) is 32.3 Å². The molecule has 0 saturated heterocycles. The summed E-state index contributed by atoms with van der Waals surface area (Å²) in [5.74, 6) is -3.94. The maximum Gasteiger partial charge on any atom is 0.319 e. The quantitative estimate of drug-likeness (QED) is 0.0705. The molecule has 0 radical (unpaired) electrons. The fraction of sp³-hybridized carbons (Fsp3) is 0.0882. The molecule has 5 rings (SSSR count). The van der Waals surface area contributed by atoms with Crippen molar-refractivity contribution >= 4 is 31.3 Å². The lowest BCUT2D eigenvalue weighted by Gasteiger charge is -2.33. The Labute approximate surface area is 260 Å². The summed E-state index contributed by atoms with van der Waals surface area (Å²) in [6.45, 7) is 0. The predicted octanol–water partition coefficient (Wildman–Crippen LogP) is 6.34. The van der Waals surface area contributed by atoms with Gasteiger partial charge in [-0.15, -0.1) is 0 Å². The van der Waals surface area contributed by atoms with Gasteiger partial charge in [-0.2, -0.15) is 0 Å². The standard InChI is InChI=1S/C34H27NO8S2/c36-33(43-28-23-21-27(22-24-28)35(37)38)31(25-13-5-1-6-14-25)32(26-15-7-2-8-16-26)34(44(39,40)29-17-9-3-10-18-29)45(41,42)30-19-11-4-12-20-30/h1-24,31-32,34H/t31-,32-/m1/s1. The molecule has 0 bridgehead atoms. The molecular weight excluding hydrogens is 615 g/mol. The van der Waals surface area contributed by atoms with Crippen molar-refractivity contribution in [1.82, 2.24) is 0 Å². The molecule has 0 amide bonds. The molecule has 45 heavy (non-hydrogen) atoms. The number of nitro groups is 1. The molecule has 0 aliphatic rings. The highest BCUT2D eigenvalue weighted by molar-refractivity contribution is 8.09. The van der Waals surface area contributed by atoms with Gasteiger partial charge in [-0.25, -0.2) is 16.8 Å². The van der Waals surface area contributed by atoms with Gasteiger partial charge in [-0.1, -0.05) is 97.1 Å². The van der Waals surface area contributed by atoms with Crippen molar-refractivity contribution in [2.45, 2.75) is 26.2 Å². The molecule has 0 aromatic heterocycles. The van der Waals surface area contributed by atoms with E-state index in [2.05, 4.69) is 0 Å². The summed E-state index contributed by atoms with van der Waals surface area (Å²) in [4.78, 5) is 24.3. The normalized spacial score (nSPS) is 13.1. The van der Waals surface area contributed by atoms with Gasteiger partial charge in [0.2, 0.25) is 0 Å². The van der Waals surface area contributed by atoms with Gasteiger partial charge in [0.1, 0.15) is 5.75 Å². The number of nitrogens with zero attached hydrogens (tertiary/aromatic N) is 1. The summed E-state index contributed by atoms with van der Waals surface area (Å²) in [5, 5.41) is 11.2. The van der Waals surface area contributed by atoms with Crippen LogP contribution in [0.15, 0.2) is 155 Å². The zero-order valence-electron chi connectivity index (χ0n) is 23.6. The summed E-state index contributed by atoms with van der Waals surface area (Å²) in [7, 11) is -9.40. The third-order valence-corrected chi connectivity index (χ3v) is 12.5. The summed E-state index contributed by atoms with van der Waals surface area (Å²) in [6, 6.07) is 35.6. The number of sulfone groups is 2. The lowest BCUT2D eigenvalue weighted by atomic mass is 9.82. The Kier molecular flexibility index (Phi) is 9.21. The highest BCUT2D eigenvalue weighted by Crippen LogP contribution is 2.45. The van der Waals surface area contributed by atoms with E-state index in [1.165, 1.54) is 60.7 Å². The van der Waals surface area contributed by atoms with Crippen molar-refractivity contribution in [2.24, 2.45) is 0 Å². The first-order valence-electron chi connectivity index (χ1n) is 13.7. The summed E-state index contributed by atoms with van der Waals surface area (Å²) in [5.41, 5.74) is 0.366. The third-order valence-electron chi connectivity index (χ3n) is 7.27. The highest BCUT2D eigenvalue weighted by Gasteiger charge is 2.51. The number of carbonyl (C=O) groups is 1. The molecule has 228 valence electrons. The number of ether oxygens (including phenoxy) is 1. The molecule has 0 saturated carbocycles. The zero-order valence-corrected chi connectivity index (χ0v) is 25.3. The minimum absolute atomic E-state index is 0.0354. The van der Waals surface area contributed by atoms with Crippen LogP contribution in [0.1, 0.15) is 23.0 Å². The van der Waals surface area contributed by atoms with Gasteiger partial charge in [0.15, 0.2) is 24.3 Å². The molecular formula is C34H27NO8S2. The number of hydrogen-bond acceptors (Lipinski definition) is 8. The van der Waals surface area contributed by atoms with Crippen LogP contribution < -0.4 is 4.74 Å². The Hall–Kier alpha value is -5.13. The number of nitro benzene ring substituents is 1. The first kappa shape index (κ1) is 31.3. The van der Waals surface area contributed by atoms with E-state index in [1.54, 1.807) is 72.8 Å². The first-order valence-corrected chi connectivity index (χ1v) is 16.8. The van der Waals surface area contributed by atoms with Gasteiger partial charge in [0.25, 0.3) is 5.69 Å². The van der Waals surface area contributed by atoms with Gasteiger partial charge in [0.05, 0.1) is 20.6 Å². The molecule has 11 heteroatoms. The number of non-ortho nitro benzene ring substituents is 1. The van der Waals surface area contributed by atoms with Crippen LogP contribution in [0, 0.1) is 10.1 Å². The van der Waals surface area contributed by atoms with Crippen molar-refractivity contribution in [2.75, 3.05) is 0 Å². The Bertz CT molecular complexity index is 1920. The average Bonchev–Trinajstić information content (AvgIpc) is 3.06. The van der Waals surface area contributed by atoms with Gasteiger partial charge < -0.3 is 4.74 Å². The smallest absolute Gasteiger partial charge is 0.319 e. The second kappa shape index (κ2) is 13.2. The maximum absolute atomic E-state index is 14.6. The van der Waals surface area contributed by atoms with Crippen molar-refractivity contribution in [3.05, 3.63) is 167 Å². The number of hydrogen-bond donors (Lipinski definition) is 0. The van der Waals surface area contributed by atoms with Crippen LogP contribution in [0.2, 0.25) is 0 Å². The fourth-order valence-corrected chi connectivity index (χ4v) is 10.2. The SMILES string of the molecule is O=C(Oc1ccc([N+](=O)[O-])cc1)[C@H](c1ccccc1)[C@@H](c1ccccc1)C(S(=O)(=O)c1ccccc1)S(=O)(=O)c1ccccc1. The monoisotopic (exact) mass is 641 g/mol. The van der Waals surface area contributed by atoms with E-state index in [-0.39, 0.29) is 26.8 Å². The lowest BCUT2D eigenvalue weighted by Crippen LogP contribution is -2.41. The highest BCUT2D eigenvalue weighted by atomic mass is 32.3. The predicted molar refractivity (Wildman–Crippen MR) is 168 cm³/mol. The Balaban J connectivity index is 1.77. The topological polar surface area (TPSA) is 138 Å². The number of rotatable bonds is 11. The molecule has 0 N–H and O–H groups in total. The summed E-state index contributed by atoms with van der Waals surface area (Å²) >= 11 is 0. The lowest BCUT2D eigenvalue weighted by molar-refractivity contribution is -0.384. The second-order valence-corrected chi connectivity index (χ2v) is 14.5. The second-order valence-electron chi connectivity index (χ2n) is 10.1. The summed E-state index contributed by atoms with van der Waals surface area (Å²) in [6.07, 6.45) is 0. The Morgan fingerprint density at radius 3 is 1.40 bits per heavy atom. The van der Waals surface area contributed by atoms with E-state index in [4.69, 9.17) is 4.74 Å². The van der Waals surface area contributed by atoms with Crippen molar-refractivity contribution in [3.63, 3.8) is 0 Å². The number of carbonyl (C=O) groups excluding carboxylic acids is 1. The van der Waals surface area contributed by atoms with E-state index in [0.717, 1.165) is 12.1 Å². The zero-order chi connectivity index (χ0) is 32.0. The maximum atomic E-state index is 14.6. The average molecular weight is 642 g/mol. The molecule has 0 unspecified atom stereocenters. The van der Waals surface area contributed by atoms with Crippen LogP contribution in [0.25, 0.3) is 0 Å². The van der Waals surface area contributed by atoms with E-state index in [1.807, 2.05) is 0 Å². The molecule has 0 aliphatic carbocycles. The summed E-state index contributed by atoms with van der Waals surface area (Å²) < 4.78 is 61.9. The van der Waals surface area contributed by atoms with E-state index >= 15 is 0 Å². The van der Waals surface area contributed by atoms with E-state index < -0.39 is 47.0 Å². The Morgan fingerprint density at radius 2 is 0.978 bits per heavy atom.